The third kappa shape index (κ3) is 3.72. The standard InChI is InChI=1S/C16H19N3O2/c1-10(2)12-5-3-11(4-6-12)8-18-15-7-13(16(20)21)14(17)9-19-15/h3-7,9-10H,8,17H2,1-2H3,(H,18,19)(H,20,21). The number of aromatic nitrogens is 1. The second-order valence-corrected chi connectivity index (χ2v) is 5.21. The van der Waals surface area contributed by atoms with Gasteiger partial charge in [0.15, 0.2) is 0 Å². The Hall–Kier alpha value is -2.56. The molecule has 21 heavy (non-hydrogen) atoms. The molecule has 0 atom stereocenters. The van der Waals surface area contributed by atoms with Crippen LogP contribution < -0.4 is 11.1 Å². The molecule has 0 spiro atoms. The summed E-state index contributed by atoms with van der Waals surface area (Å²) in [6, 6.07) is 9.75. The zero-order chi connectivity index (χ0) is 15.4. The summed E-state index contributed by atoms with van der Waals surface area (Å²) in [7, 11) is 0. The molecule has 0 saturated carbocycles. The number of carbonyl (C=O) groups is 1. The Morgan fingerprint density at radius 1 is 1.33 bits per heavy atom. The topological polar surface area (TPSA) is 88.2 Å². The Balaban J connectivity index is 2.06. The van der Waals surface area contributed by atoms with Crippen molar-refractivity contribution < 1.29 is 9.90 Å². The molecule has 0 amide bonds. The first-order chi connectivity index (χ1) is 9.97. The number of carboxylic acid groups (broad SMARTS) is 1. The average Bonchev–Trinajstić information content (AvgIpc) is 2.46. The normalized spacial score (nSPS) is 10.6. The molecule has 2 aromatic rings. The van der Waals surface area contributed by atoms with E-state index in [0.29, 0.717) is 18.3 Å². The number of nitrogen functional groups attached to an aromatic ring is 1. The van der Waals surface area contributed by atoms with Crippen molar-refractivity contribution in [3.8, 4) is 0 Å². The van der Waals surface area contributed by atoms with Crippen LogP contribution >= 0.6 is 0 Å². The van der Waals surface area contributed by atoms with Crippen LogP contribution in [0.3, 0.4) is 0 Å². The summed E-state index contributed by atoms with van der Waals surface area (Å²) in [5.74, 6) is -0.0577. The SMILES string of the molecule is CC(C)c1ccc(CNc2cc(C(=O)O)c(N)cn2)cc1. The Morgan fingerprint density at radius 2 is 2.00 bits per heavy atom. The molecule has 4 N–H and O–H groups in total. The van der Waals surface area contributed by atoms with E-state index in [-0.39, 0.29) is 11.3 Å². The summed E-state index contributed by atoms with van der Waals surface area (Å²) in [6.07, 6.45) is 1.35. The van der Waals surface area contributed by atoms with Gasteiger partial charge in [-0.25, -0.2) is 9.78 Å². The van der Waals surface area contributed by atoms with Gasteiger partial charge in [-0.2, -0.15) is 0 Å². The largest absolute Gasteiger partial charge is 0.478 e. The highest BCUT2D eigenvalue weighted by Gasteiger charge is 2.09. The molecule has 1 heterocycles. The summed E-state index contributed by atoms with van der Waals surface area (Å²) in [5, 5.41) is 12.1. The van der Waals surface area contributed by atoms with Gasteiger partial charge in [0.05, 0.1) is 17.4 Å². The van der Waals surface area contributed by atoms with E-state index in [2.05, 4.69) is 48.4 Å². The molecule has 0 aliphatic rings. The highest BCUT2D eigenvalue weighted by Crippen LogP contribution is 2.17. The van der Waals surface area contributed by atoms with Crippen molar-refractivity contribution in [2.24, 2.45) is 0 Å². The molecule has 110 valence electrons. The second-order valence-electron chi connectivity index (χ2n) is 5.21. The quantitative estimate of drug-likeness (QED) is 0.785. The van der Waals surface area contributed by atoms with Gasteiger partial charge in [-0.05, 0) is 23.1 Å². The lowest BCUT2D eigenvalue weighted by Crippen LogP contribution is -2.07. The van der Waals surface area contributed by atoms with Crippen molar-refractivity contribution in [2.45, 2.75) is 26.3 Å². The highest BCUT2D eigenvalue weighted by atomic mass is 16.4. The van der Waals surface area contributed by atoms with Gasteiger partial charge >= 0.3 is 5.97 Å². The minimum Gasteiger partial charge on any atom is -0.478 e. The van der Waals surface area contributed by atoms with Crippen molar-refractivity contribution in [3.63, 3.8) is 0 Å². The van der Waals surface area contributed by atoms with Gasteiger partial charge in [-0.3, -0.25) is 0 Å². The number of hydrogen-bond donors (Lipinski definition) is 3. The zero-order valence-corrected chi connectivity index (χ0v) is 12.1. The molecule has 0 fully saturated rings. The molecule has 0 bridgehead atoms. The van der Waals surface area contributed by atoms with Gasteiger partial charge in [0, 0.05) is 6.54 Å². The van der Waals surface area contributed by atoms with Crippen molar-refractivity contribution in [2.75, 3.05) is 11.1 Å². The molecule has 0 aliphatic heterocycles. The number of nitrogens with zero attached hydrogens (tertiary/aromatic N) is 1. The van der Waals surface area contributed by atoms with Crippen molar-refractivity contribution in [3.05, 3.63) is 53.2 Å². The first kappa shape index (κ1) is 14.8. The number of pyridine rings is 1. The van der Waals surface area contributed by atoms with Gasteiger partial charge < -0.3 is 16.2 Å². The number of aromatic carboxylic acids is 1. The first-order valence-corrected chi connectivity index (χ1v) is 6.79. The van der Waals surface area contributed by atoms with E-state index < -0.39 is 5.97 Å². The summed E-state index contributed by atoms with van der Waals surface area (Å²) in [6.45, 7) is 4.88. The number of rotatable bonds is 5. The molecule has 0 saturated heterocycles. The van der Waals surface area contributed by atoms with Gasteiger partial charge in [-0.1, -0.05) is 38.1 Å². The van der Waals surface area contributed by atoms with Gasteiger partial charge in [0.25, 0.3) is 0 Å². The van der Waals surface area contributed by atoms with Gasteiger partial charge in [0.2, 0.25) is 0 Å². The van der Waals surface area contributed by atoms with Crippen molar-refractivity contribution in [1.29, 1.82) is 0 Å². The van der Waals surface area contributed by atoms with E-state index in [1.165, 1.54) is 17.8 Å². The molecular formula is C16H19N3O2. The maximum Gasteiger partial charge on any atom is 0.337 e. The fourth-order valence-corrected chi connectivity index (χ4v) is 1.96. The smallest absolute Gasteiger partial charge is 0.337 e. The van der Waals surface area contributed by atoms with Crippen molar-refractivity contribution in [1.82, 2.24) is 4.98 Å². The number of hydrogen-bond acceptors (Lipinski definition) is 4. The molecule has 0 aliphatic carbocycles. The fraction of sp³-hybridized carbons (Fsp3) is 0.250. The predicted molar refractivity (Wildman–Crippen MR) is 83.5 cm³/mol. The minimum absolute atomic E-state index is 0.0580. The van der Waals surface area contributed by atoms with Crippen molar-refractivity contribution >= 4 is 17.5 Å². The van der Waals surface area contributed by atoms with E-state index >= 15 is 0 Å². The number of benzene rings is 1. The number of anilines is 2. The monoisotopic (exact) mass is 285 g/mol. The Morgan fingerprint density at radius 3 is 2.57 bits per heavy atom. The van der Waals surface area contributed by atoms with E-state index in [9.17, 15) is 4.79 Å². The van der Waals surface area contributed by atoms with E-state index in [0.717, 1.165) is 5.56 Å². The molecule has 5 heteroatoms. The maximum absolute atomic E-state index is 11.0. The molecule has 0 unspecified atom stereocenters. The lowest BCUT2D eigenvalue weighted by atomic mass is 10.0. The van der Waals surface area contributed by atoms with Crippen LogP contribution in [0, 0.1) is 0 Å². The number of nitrogens with one attached hydrogen (secondary N) is 1. The summed E-state index contributed by atoms with van der Waals surface area (Å²) >= 11 is 0. The lowest BCUT2D eigenvalue weighted by Gasteiger charge is -2.09. The lowest BCUT2D eigenvalue weighted by molar-refractivity contribution is 0.0698. The van der Waals surface area contributed by atoms with Gasteiger partial charge in [0.1, 0.15) is 5.82 Å². The maximum atomic E-state index is 11.0. The summed E-state index contributed by atoms with van der Waals surface area (Å²) < 4.78 is 0. The predicted octanol–water partition coefficient (Wildman–Crippen LogP) is 3.10. The second kappa shape index (κ2) is 6.26. The Labute approximate surface area is 123 Å². The zero-order valence-electron chi connectivity index (χ0n) is 12.1. The highest BCUT2D eigenvalue weighted by molar-refractivity contribution is 5.94. The van der Waals surface area contributed by atoms with Crippen LogP contribution in [0.5, 0.6) is 0 Å². The first-order valence-electron chi connectivity index (χ1n) is 6.79. The van der Waals surface area contributed by atoms with Crippen LogP contribution in [0.25, 0.3) is 0 Å². The van der Waals surface area contributed by atoms with Crippen LogP contribution in [0.15, 0.2) is 36.5 Å². The van der Waals surface area contributed by atoms with Crippen LogP contribution in [-0.2, 0) is 6.54 Å². The van der Waals surface area contributed by atoms with Gasteiger partial charge in [-0.15, -0.1) is 0 Å². The Kier molecular flexibility index (Phi) is 4.42. The summed E-state index contributed by atoms with van der Waals surface area (Å²) in [5.41, 5.74) is 8.19. The summed E-state index contributed by atoms with van der Waals surface area (Å²) in [4.78, 5) is 15.1. The molecular weight excluding hydrogens is 266 g/mol. The third-order valence-corrected chi connectivity index (χ3v) is 3.29. The van der Waals surface area contributed by atoms with E-state index in [1.807, 2.05) is 0 Å². The Bertz CT molecular complexity index is 636. The van der Waals surface area contributed by atoms with E-state index in [4.69, 9.17) is 10.8 Å². The molecule has 1 aromatic carbocycles. The molecule has 1 aromatic heterocycles. The molecule has 2 rings (SSSR count). The van der Waals surface area contributed by atoms with E-state index in [1.54, 1.807) is 0 Å². The van der Waals surface area contributed by atoms with Crippen LogP contribution in [0.2, 0.25) is 0 Å². The fourth-order valence-electron chi connectivity index (χ4n) is 1.96. The number of carboxylic acids is 1. The molecule has 0 radical (unpaired) electrons. The minimum atomic E-state index is -1.06. The third-order valence-electron chi connectivity index (χ3n) is 3.29. The van der Waals surface area contributed by atoms with Crippen LogP contribution in [0.1, 0.15) is 41.3 Å². The average molecular weight is 285 g/mol. The number of nitrogens with two attached hydrogens (primary N) is 1. The van der Waals surface area contributed by atoms with Crippen LogP contribution in [-0.4, -0.2) is 16.1 Å². The van der Waals surface area contributed by atoms with Crippen LogP contribution in [0.4, 0.5) is 11.5 Å². The molecule has 5 nitrogen and oxygen atoms in total.